The Kier molecular flexibility index (Phi) is 5.43. The van der Waals surface area contributed by atoms with E-state index in [9.17, 15) is 8.42 Å². The van der Waals surface area contributed by atoms with Gasteiger partial charge in [0.1, 0.15) is 9.84 Å². The van der Waals surface area contributed by atoms with Crippen LogP contribution in [0.5, 0.6) is 0 Å². The van der Waals surface area contributed by atoms with Gasteiger partial charge in [0.2, 0.25) is 0 Å². The Morgan fingerprint density at radius 3 is 2.45 bits per heavy atom. The van der Waals surface area contributed by atoms with Gasteiger partial charge in [0.25, 0.3) is 0 Å². The summed E-state index contributed by atoms with van der Waals surface area (Å²) < 4.78 is 22.2. The minimum absolute atomic E-state index is 0.301. The van der Waals surface area contributed by atoms with E-state index in [-0.39, 0.29) is 0 Å². The highest BCUT2D eigenvalue weighted by Gasteiger charge is 2.18. The molecule has 0 unspecified atom stereocenters. The van der Waals surface area contributed by atoms with Gasteiger partial charge in [-0.25, -0.2) is 8.42 Å². The first-order valence-corrected chi connectivity index (χ1v) is 9.31. The lowest BCUT2D eigenvalue weighted by Gasteiger charge is -2.32. The van der Waals surface area contributed by atoms with Crippen molar-refractivity contribution in [2.75, 3.05) is 37.0 Å². The molecule has 0 atom stereocenters. The third-order valence-corrected chi connectivity index (χ3v) is 4.75. The van der Waals surface area contributed by atoms with Crippen LogP contribution in [-0.2, 0) is 9.84 Å². The van der Waals surface area contributed by atoms with Crippen LogP contribution in [0.1, 0.15) is 19.3 Å². The smallest absolute Gasteiger partial charge is 0.147 e. The predicted octanol–water partition coefficient (Wildman–Crippen LogP) is 2.00. The number of nitrogens with one attached hydrogen (secondary N) is 1. The Hall–Kier alpha value is -1.07. The summed E-state index contributed by atoms with van der Waals surface area (Å²) in [4.78, 5) is 2.37. The minimum Gasteiger partial charge on any atom is -0.382 e. The van der Waals surface area contributed by atoms with Crippen molar-refractivity contribution in [3.8, 4) is 0 Å². The maximum atomic E-state index is 11.1. The standard InChI is InChI=1S/C15H24N2O2S/c1-20(18,19)13-5-10-17-11-8-15(9-12-17)16-14-6-3-2-4-7-14/h2-4,6-7,15-16H,5,8-13H2,1H3. The monoisotopic (exact) mass is 296 g/mol. The Morgan fingerprint density at radius 1 is 1.20 bits per heavy atom. The maximum absolute atomic E-state index is 11.1. The lowest BCUT2D eigenvalue weighted by atomic mass is 10.0. The number of benzene rings is 1. The molecule has 1 aliphatic heterocycles. The number of para-hydroxylation sites is 1. The number of anilines is 1. The fourth-order valence-electron chi connectivity index (χ4n) is 2.62. The fraction of sp³-hybridized carbons (Fsp3) is 0.600. The van der Waals surface area contributed by atoms with Crippen LogP contribution in [0.15, 0.2) is 30.3 Å². The molecule has 112 valence electrons. The quantitative estimate of drug-likeness (QED) is 0.872. The van der Waals surface area contributed by atoms with E-state index in [1.54, 1.807) is 0 Å². The molecule has 0 bridgehead atoms. The molecule has 20 heavy (non-hydrogen) atoms. The third-order valence-electron chi connectivity index (χ3n) is 3.72. The Labute approximate surface area is 122 Å². The summed E-state index contributed by atoms with van der Waals surface area (Å²) in [6.07, 6.45) is 4.29. The first-order valence-electron chi connectivity index (χ1n) is 7.24. The summed E-state index contributed by atoms with van der Waals surface area (Å²) in [5, 5.41) is 3.56. The van der Waals surface area contributed by atoms with Crippen molar-refractivity contribution in [2.24, 2.45) is 0 Å². The van der Waals surface area contributed by atoms with E-state index < -0.39 is 9.84 Å². The molecule has 1 aliphatic rings. The lowest BCUT2D eigenvalue weighted by molar-refractivity contribution is 0.220. The van der Waals surface area contributed by atoms with Crippen molar-refractivity contribution in [1.82, 2.24) is 4.90 Å². The van der Waals surface area contributed by atoms with Crippen LogP contribution in [0.3, 0.4) is 0 Å². The number of nitrogens with zero attached hydrogens (tertiary/aromatic N) is 1. The molecule has 1 fully saturated rings. The largest absolute Gasteiger partial charge is 0.382 e. The Bertz CT molecular complexity index is 494. The second-order valence-electron chi connectivity index (χ2n) is 5.61. The Balaban J connectivity index is 1.67. The molecule has 5 heteroatoms. The summed E-state index contributed by atoms with van der Waals surface area (Å²) in [5.41, 5.74) is 1.18. The van der Waals surface area contributed by atoms with Gasteiger partial charge in [-0.1, -0.05) is 18.2 Å². The summed E-state index contributed by atoms with van der Waals surface area (Å²) in [6.45, 7) is 2.99. The zero-order valence-corrected chi connectivity index (χ0v) is 12.9. The number of piperidine rings is 1. The highest BCUT2D eigenvalue weighted by Crippen LogP contribution is 2.16. The number of rotatable bonds is 6. The van der Waals surface area contributed by atoms with Gasteiger partial charge in [-0.2, -0.15) is 0 Å². The number of hydrogen-bond acceptors (Lipinski definition) is 4. The highest BCUT2D eigenvalue weighted by atomic mass is 32.2. The third kappa shape index (κ3) is 5.51. The minimum atomic E-state index is -2.82. The predicted molar refractivity (Wildman–Crippen MR) is 83.9 cm³/mol. The van der Waals surface area contributed by atoms with E-state index >= 15 is 0 Å². The zero-order valence-electron chi connectivity index (χ0n) is 12.1. The van der Waals surface area contributed by atoms with Gasteiger partial charge in [-0.3, -0.25) is 0 Å². The first kappa shape index (κ1) is 15.3. The zero-order chi connectivity index (χ0) is 14.4. The summed E-state index contributed by atoms with van der Waals surface area (Å²) in [6, 6.07) is 10.8. The van der Waals surface area contributed by atoms with Crippen molar-refractivity contribution in [2.45, 2.75) is 25.3 Å². The lowest BCUT2D eigenvalue weighted by Crippen LogP contribution is -2.39. The number of sulfone groups is 1. The average Bonchev–Trinajstić information content (AvgIpc) is 2.41. The molecular formula is C15H24N2O2S. The molecule has 0 saturated carbocycles. The number of hydrogen-bond donors (Lipinski definition) is 1. The van der Waals surface area contributed by atoms with E-state index in [0.717, 1.165) is 38.9 Å². The molecular weight excluding hydrogens is 272 g/mol. The molecule has 1 aromatic rings. The molecule has 1 aromatic carbocycles. The molecule has 0 aliphatic carbocycles. The maximum Gasteiger partial charge on any atom is 0.147 e. The summed E-state index contributed by atoms with van der Waals surface area (Å²) in [5.74, 6) is 0.301. The van der Waals surface area contributed by atoms with Gasteiger partial charge in [-0.15, -0.1) is 0 Å². The molecule has 1 N–H and O–H groups in total. The summed E-state index contributed by atoms with van der Waals surface area (Å²) >= 11 is 0. The highest BCUT2D eigenvalue weighted by molar-refractivity contribution is 7.90. The Morgan fingerprint density at radius 2 is 1.85 bits per heavy atom. The van der Waals surface area contributed by atoms with E-state index in [2.05, 4.69) is 22.3 Å². The van der Waals surface area contributed by atoms with Gasteiger partial charge in [-0.05, 0) is 37.9 Å². The second-order valence-corrected chi connectivity index (χ2v) is 7.87. The van der Waals surface area contributed by atoms with Crippen LogP contribution in [0.2, 0.25) is 0 Å². The topological polar surface area (TPSA) is 49.4 Å². The van der Waals surface area contributed by atoms with Gasteiger partial charge >= 0.3 is 0 Å². The van der Waals surface area contributed by atoms with Crippen molar-refractivity contribution < 1.29 is 8.42 Å². The molecule has 4 nitrogen and oxygen atoms in total. The van der Waals surface area contributed by atoms with Gasteiger partial charge < -0.3 is 10.2 Å². The second kappa shape index (κ2) is 7.09. The molecule has 1 heterocycles. The molecule has 0 aromatic heterocycles. The van der Waals surface area contributed by atoms with Crippen LogP contribution in [0.4, 0.5) is 5.69 Å². The summed E-state index contributed by atoms with van der Waals surface area (Å²) in [7, 11) is -2.82. The van der Waals surface area contributed by atoms with E-state index in [1.165, 1.54) is 11.9 Å². The first-order chi connectivity index (χ1) is 9.53. The van der Waals surface area contributed by atoms with Gasteiger partial charge in [0, 0.05) is 31.1 Å². The van der Waals surface area contributed by atoms with Crippen molar-refractivity contribution >= 4 is 15.5 Å². The number of likely N-dealkylation sites (tertiary alicyclic amines) is 1. The normalized spacial score (nSPS) is 18.1. The fourth-order valence-corrected chi connectivity index (χ4v) is 3.27. The van der Waals surface area contributed by atoms with Crippen molar-refractivity contribution in [3.05, 3.63) is 30.3 Å². The van der Waals surface area contributed by atoms with Crippen LogP contribution in [-0.4, -0.2) is 51.0 Å². The van der Waals surface area contributed by atoms with E-state index in [1.807, 2.05) is 18.2 Å². The molecule has 0 spiro atoms. The van der Waals surface area contributed by atoms with E-state index in [0.29, 0.717) is 11.8 Å². The van der Waals surface area contributed by atoms with Crippen LogP contribution in [0, 0.1) is 0 Å². The SMILES string of the molecule is CS(=O)(=O)CCCN1CCC(Nc2ccccc2)CC1. The molecule has 1 saturated heterocycles. The average molecular weight is 296 g/mol. The van der Waals surface area contributed by atoms with Crippen molar-refractivity contribution in [1.29, 1.82) is 0 Å². The van der Waals surface area contributed by atoms with E-state index in [4.69, 9.17) is 0 Å². The molecule has 0 radical (unpaired) electrons. The molecule has 2 rings (SSSR count). The van der Waals surface area contributed by atoms with Gasteiger partial charge in [0.15, 0.2) is 0 Å². The molecule has 0 amide bonds. The van der Waals surface area contributed by atoms with Crippen LogP contribution in [0.25, 0.3) is 0 Å². The van der Waals surface area contributed by atoms with Crippen LogP contribution >= 0.6 is 0 Å². The van der Waals surface area contributed by atoms with Gasteiger partial charge in [0.05, 0.1) is 5.75 Å². The van der Waals surface area contributed by atoms with Crippen molar-refractivity contribution in [3.63, 3.8) is 0 Å². The van der Waals surface area contributed by atoms with Crippen LogP contribution < -0.4 is 5.32 Å².